The summed E-state index contributed by atoms with van der Waals surface area (Å²) in [5.41, 5.74) is 13.4. The maximum atomic E-state index is 10.4. The molecule has 2 aromatic carbocycles. The number of carbonyl (C=O) groups is 1. The summed E-state index contributed by atoms with van der Waals surface area (Å²) in [6.45, 7) is 0.938. The number of ether oxygens (including phenoxy) is 4. The largest absolute Gasteiger partial charge is 0.495 e. The number of primary amides is 1. The van der Waals surface area contributed by atoms with Crippen LogP contribution < -0.4 is 35.7 Å². The highest BCUT2D eigenvalue weighted by Crippen LogP contribution is 2.38. The molecule has 1 fully saturated rings. The first-order valence-corrected chi connectivity index (χ1v) is 9.87. The number of rotatable bonds is 7. The molecule has 8 heteroatoms. The Morgan fingerprint density at radius 2 is 1.55 bits per heavy atom. The summed E-state index contributed by atoms with van der Waals surface area (Å²) in [4.78, 5) is 10.4. The Kier molecular flexibility index (Phi) is 9.02. The van der Waals surface area contributed by atoms with Gasteiger partial charge < -0.3 is 35.7 Å². The second-order valence-corrected chi connectivity index (χ2v) is 6.84. The summed E-state index contributed by atoms with van der Waals surface area (Å²) in [6, 6.07) is 9.34. The van der Waals surface area contributed by atoms with E-state index in [1.165, 1.54) is 0 Å². The lowest BCUT2D eigenvalue weighted by atomic mass is 10.1. The highest BCUT2D eigenvalue weighted by molar-refractivity contribution is 5.80. The molecular formula is C23H31N3O5. The van der Waals surface area contributed by atoms with Gasteiger partial charge in [-0.2, -0.15) is 0 Å². The van der Waals surface area contributed by atoms with E-state index in [-0.39, 0.29) is 11.9 Å². The van der Waals surface area contributed by atoms with Crippen molar-refractivity contribution in [2.24, 2.45) is 5.73 Å². The molecule has 31 heavy (non-hydrogen) atoms. The van der Waals surface area contributed by atoms with Crippen molar-refractivity contribution in [1.29, 1.82) is 0 Å². The molecule has 2 aromatic rings. The van der Waals surface area contributed by atoms with Crippen molar-refractivity contribution in [3.63, 3.8) is 0 Å². The molecule has 0 aliphatic carbocycles. The standard InChI is InChI=1S/C18H21NO4.C5H10N2O/c1-20-15-8-7-12(9-14(15)19)5-6-13-10-16(21-2)18(23-4)17(11-13)22-3;6-5(8)4-2-1-3-7-4/h5-11H,19H2,1-4H3;4,7H,1-3H2,(H2,6,8)/b6-5-;/t;4-/m.0/s1. The number of carbonyl (C=O) groups excluding carboxylic acids is 1. The second-order valence-electron chi connectivity index (χ2n) is 6.84. The number of nitrogens with two attached hydrogens (primary N) is 2. The Bertz CT molecular complexity index is 883. The molecule has 0 radical (unpaired) electrons. The maximum Gasteiger partial charge on any atom is 0.234 e. The first-order valence-electron chi connectivity index (χ1n) is 9.87. The fourth-order valence-electron chi connectivity index (χ4n) is 3.17. The Labute approximate surface area is 183 Å². The number of hydrogen-bond acceptors (Lipinski definition) is 7. The highest BCUT2D eigenvalue weighted by Gasteiger charge is 2.18. The molecule has 5 N–H and O–H groups in total. The number of amides is 1. The predicted molar refractivity (Wildman–Crippen MR) is 123 cm³/mol. The highest BCUT2D eigenvalue weighted by atomic mass is 16.5. The van der Waals surface area contributed by atoms with Crippen molar-refractivity contribution in [3.8, 4) is 23.0 Å². The monoisotopic (exact) mass is 429 g/mol. The van der Waals surface area contributed by atoms with E-state index in [1.807, 2.05) is 42.5 Å². The maximum absolute atomic E-state index is 10.4. The van der Waals surface area contributed by atoms with Gasteiger partial charge >= 0.3 is 0 Å². The first kappa shape index (κ1) is 23.9. The molecule has 1 aliphatic rings. The number of nitrogen functional groups attached to an aromatic ring is 1. The van der Waals surface area contributed by atoms with Gasteiger partial charge in [-0.25, -0.2) is 0 Å². The molecule has 1 saturated heterocycles. The van der Waals surface area contributed by atoms with E-state index in [0.717, 1.165) is 30.5 Å². The van der Waals surface area contributed by atoms with Crippen molar-refractivity contribution in [1.82, 2.24) is 5.32 Å². The van der Waals surface area contributed by atoms with Crippen molar-refractivity contribution >= 4 is 23.7 Å². The summed E-state index contributed by atoms with van der Waals surface area (Å²) < 4.78 is 21.2. The fourth-order valence-corrected chi connectivity index (χ4v) is 3.17. The SMILES string of the molecule is COc1ccc(/C=C\c2cc(OC)c(OC)c(OC)c2)cc1N.NC(=O)[C@@H]1CCCN1. The van der Waals surface area contributed by atoms with Crippen molar-refractivity contribution in [2.45, 2.75) is 18.9 Å². The van der Waals surface area contributed by atoms with Crippen LogP contribution in [0.3, 0.4) is 0 Å². The van der Waals surface area contributed by atoms with Gasteiger partial charge in [-0.05, 0) is 54.8 Å². The molecule has 168 valence electrons. The molecule has 0 saturated carbocycles. The van der Waals surface area contributed by atoms with Crippen LogP contribution >= 0.6 is 0 Å². The van der Waals surface area contributed by atoms with Crippen LogP contribution in [0.2, 0.25) is 0 Å². The lowest BCUT2D eigenvalue weighted by Crippen LogP contribution is -2.36. The summed E-state index contributed by atoms with van der Waals surface area (Å²) >= 11 is 0. The average Bonchev–Trinajstić information content (AvgIpc) is 3.33. The molecule has 0 spiro atoms. The van der Waals surface area contributed by atoms with Crippen molar-refractivity contribution in [2.75, 3.05) is 40.7 Å². The molecule has 0 aromatic heterocycles. The zero-order valence-electron chi connectivity index (χ0n) is 18.4. The Morgan fingerprint density at radius 1 is 0.935 bits per heavy atom. The molecule has 1 atom stereocenters. The molecule has 1 aliphatic heterocycles. The molecule has 3 rings (SSSR count). The Morgan fingerprint density at radius 3 is 1.97 bits per heavy atom. The number of nitrogens with one attached hydrogen (secondary N) is 1. The predicted octanol–water partition coefficient (Wildman–Crippen LogP) is 2.70. The lowest BCUT2D eigenvalue weighted by Gasteiger charge is -2.12. The Balaban J connectivity index is 0.000000357. The van der Waals surface area contributed by atoms with Crippen LogP contribution in [0.25, 0.3) is 12.2 Å². The van der Waals surface area contributed by atoms with E-state index >= 15 is 0 Å². The van der Waals surface area contributed by atoms with Crippen LogP contribution in [0.5, 0.6) is 23.0 Å². The van der Waals surface area contributed by atoms with Crippen LogP contribution in [-0.2, 0) is 4.79 Å². The van der Waals surface area contributed by atoms with Crippen molar-refractivity contribution in [3.05, 3.63) is 41.5 Å². The molecule has 1 heterocycles. The van der Waals surface area contributed by atoms with Gasteiger partial charge in [0.25, 0.3) is 0 Å². The number of hydrogen-bond donors (Lipinski definition) is 3. The van der Waals surface area contributed by atoms with Gasteiger partial charge in [-0.3, -0.25) is 4.79 Å². The van der Waals surface area contributed by atoms with Gasteiger partial charge in [0.05, 0.1) is 40.2 Å². The minimum Gasteiger partial charge on any atom is -0.495 e. The smallest absolute Gasteiger partial charge is 0.234 e. The molecule has 1 amide bonds. The van der Waals surface area contributed by atoms with E-state index in [1.54, 1.807) is 28.4 Å². The van der Waals surface area contributed by atoms with Crippen LogP contribution in [0.1, 0.15) is 24.0 Å². The van der Waals surface area contributed by atoms with Gasteiger partial charge in [-0.15, -0.1) is 0 Å². The first-order chi connectivity index (χ1) is 14.9. The van der Waals surface area contributed by atoms with Crippen LogP contribution in [-0.4, -0.2) is 46.9 Å². The van der Waals surface area contributed by atoms with E-state index in [9.17, 15) is 4.79 Å². The van der Waals surface area contributed by atoms with E-state index < -0.39 is 0 Å². The van der Waals surface area contributed by atoms with Gasteiger partial charge in [-0.1, -0.05) is 18.2 Å². The zero-order chi connectivity index (χ0) is 22.8. The summed E-state index contributed by atoms with van der Waals surface area (Å²) in [5, 5.41) is 2.98. The lowest BCUT2D eigenvalue weighted by molar-refractivity contribution is -0.119. The minimum atomic E-state index is -0.220. The minimum absolute atomic E-state index is 0.0463. The third-order valence-corrected chi connectivity index (χ3v) is 4.81. The van der Waals surface area contributed by atoms with E-state index in [0.29, 0.717) is 28.7 Å². The summed E-state index contributed by atoms with van der Waals surface area (Å²) in [5.74, 6) is 2.24. The third-order valence-electron chi connectivity index (χ3n) is 4.81. The van der Waals surface area contributed by atoms with Crippen LogP contribution in [0.4, 0.5) is 5.69 Å². The van der Waals surface area contributed by atoms with Gasteiger partial charge in [0.15, 0.2) is 11.5 Å². The molecular weight excluding hydrogens is 398 g/mol. The van der Waals surface area contributed by atoms with Crippen LogP contribution in [0, 0.1) is 0 Å². The van der Waals surface area contributed by atoms with Gasteiger partial charge in [0.1, 0.15) is 5.75 Å². The second kappa shape index (κ2) is 11.7. The number of anilines is 1. The van der Waals surface area contributed by atoms with E-state index in [2.05, 4.69) is 5.32 Å². The third kappa shape index (κ3) is 6.55. The van der Waals surface area contributed by atoms with Gasteiger partial charge in [0.2, 0.25) is 11.7 Å². The summed E-state index contributed by atoms with van der Waals surface area (Å²) in [6.07, 6.45) is 5.89. The molecule has 0 unspecified atom stereocenters. The van der Waals surface area contributed by atoms with Crippen LogP contribution in [0.15, 0.2) is 30.3 Å². The normalized spacial score (nSPS) is 15.2. The number of benzene rings is 2. The zero-order valence-corrected chi connectivity index (χ0v) is 18.4. The summed E-state index contributed by atoms with van der Waals surface area (Å²) in [7, 11) is 6.36. The average molecular weight is 430 g/mol. The fraction of sp³-hybridized carbons (Fsp3) is 0.348. The number of methoxy groups -OCH3 is 4. The molecule has 8 nitrogen and oxygen atoms in total. The topological polar surface area (TPSA) is 118 Å². The molecule has 0 bridgehead atoms. The van der Waals surface area contributed by atoms with Crippen molar-refractivity contribution < 1.29 is 23.7 Å². The Hall–Kier alpha value is -3.39. The van der Waals surface area contributed by atoms with Gasteiger partial charge in [0, 0.05) is 0 Å². The van der Waals surface area contributed by atoms with E-state index in [4.69, 9.17) is 30.4 Å². The quantitative estimate of drug-likeness (QED) is 0.457.